The predicted octanol–water partition coefficient (Wildman–Crippen LogP) is 3.97. The number of hydrogen-bond acceptors (Lipinski definition) is 7. The van der Waals surface area contributed by atoms with Gasteiger partial charge in [-0.3, -0.25) is 4.79 Å². The number of amides is 1. The number of rotatable bonds is 9. The highest BCUT2D eigenvalue weighted by atomic mass is 32.2. The molecule has 0 spiro atoms. The van der Waals surface area contributed by atoms with Gasteiger partial charge < -0.3 is 15.5 Å². The Kier molecular flexibility index (Phi) is 8.64. The van der Waals surface area contributed by atoms with Gasteiger partial charge in [0, 0.05) is 36.1 Å². The summed E-state index contributed by atoms with van der Waals surface area (Å²) in [5.41, 5.74) is 7.52. The van der Waals surface area contributed by atoms with Crippen LogP contribution in [0.4, 0.5) is 13.2 Å². The maximum Gasteiger partial charge on any atom is 0.493 e. The largest absolute Gasteiger partial charge is 0.493 e. The van der Waals surface area contributed by atoms with Gasteiger partial charge >= 0.3 is 12.1 Å². The monoisotopic (exact) mass is 600 g/mol. The molecule has 2 N–H and O–H groups in total. The van der Waals surface area contributed by atoms with Crippen molar-refractivity contribution in [2.24, 2.45) is 5.73 Å². The molecule has 3 aromatic rings. The summed E-state index contributed by atoms with van der Waals surface area (Å²) >= 11 is 1.54. The van der Waals surface area contributed by atoms with Crippen molar-refractivity contribution in [1.29, 1.82) is 0 Å². The molecule has 0 unspecified atom stereocenters. The zero-order chi connectivity index (χ0) is 29.4. The van der Waals surface area contributed by atoms with E-state index < -0.39 is 28.1 Å². The summed E-state index contributed by atoms with van der Waals surface area (Å²) < 4.78 is 66.1. The van der Waals surface area contributed by atoms with Crippen molar-refractivity contribution in [1.82, 2.24) is 13.9 Å². The number of hydrogen-bond donors (Lipinski definition) is 1. The number of carbonyl (C=O) groups is 2. The summed E-state index contributed by atoms with van der Waals surface area (Å²) in [6, 6.07) is 5.22. The minimum atomic E-state index is -5.26. The Morgan fingerprint density at radius 1 is 1.15 bits per heavy atom. The second-order valence-corrected chi connectivity index (χ2v) is 13.0. The van der Waals surface area contributed by atoms with E-state index in [1.165, 1.54) is 16.6 Å². The summed E-state index contributed by atoms with van der Waals surface area (Å²) in [5, 5.41) is 2.34. The quantitative estimate of drug-likeness (QED) is 0.398. The third-order valence-electron chi connectivity index (χ3n) is 7.18. The Balaban J connectivity index is 1.83. The van der Waals surface area contributed by atoms with Crippen LogP contribution in [0, 0.1) is 0 Å². The van der Waals surface area contributed by atoms with Crippen molar-refractivity contribution < 1.29 is 36.0 Å². The van der Waals surface area contributed by atoms with Crippen LogP contribution in [-0.4, -0.2) is 72.8 Å². The predicted molar refractivity (Wildman–Crippen MR) is 146 cm³/mol. The maximum atomic E-state index is 13.1. The van der Waals surface area contributed by atoms with Crippen LogP contribution in [0.5, 0.6) is 0 Å². The number of sulfonamides is 1. The first-order chi connectivity index (χ1) is 18.7. The number of alkyl halides is 3. The van der Waals surface area contributed by atoms with Gasteiger partial charge in [0.25, 0.3) is 5.91 Å². The summed E-state index contributed by atoms with van der Waals surface area (Å²) in [6.45, 7) is 5.65. The molecule has 0 bridgehead atoms. The highest BCUT2D eigenvalue weighted by Crippen LogP contribution is 2.39. The second kappa shape index (κ2) is 11.5. The van der Waals surface area contributed by atoms with Gasteiger partial charge in [-0.1, -0.05) is 6.92 Å². The molecule has 1 amide bonds. The molecule has 1 saturated heterocycles. The number of piperidine rings is 1. The summed E-state index contributed by atoms with van der Waals surface area (Å²) in [7, 11) is -1.40. The van der Waals surface area contributed by atoms with Gasteiger partial charge in [0.15, 0.2) is 0 Å². The molecule has 1 fully saturated rings. The summed E-state index contributed by atoms with van der Waals surface area (Å²) in [6.07, 6.45) is -3.20. The number of thiophene rings is 1. The zero-order valence-corrected chi connectivity index (χ0v) is 24.0. The van der Waals surface area contributed by atoms with Crippen molar-refractivity contribution in [3.63, 3.8) is 0 Å². The molecule has 9 nitrogen and oxygen atoms in total. The Morgan fingerprint density at radius 3 is 2.40 bits per heavy atom. The van der Waals surface area contributed by atoms with Crippen LogP contribution in [0.25, 0.3) is 22.0 Å². The normalized spacial score (nSPS) is 15.7. The SMILES string of the molecule is CCN(C)Cc1cc(-c2cc(C(N)=O)c3c(c2)c(C2CCN(S(=O)(=O)CC)CC2)cn3OC(=O)C(F)(F)F)cs1. The van der Waals surface area contributed by atoms with Crippen LogP contribution in [0.2, 0.25) is 0 Å². The van der Waals surface area contributed by atoms with E-state index in [0.717, 1.165) is 23.5 Å². The Hall–Kier alpha value is -2.94. The van der Waals surface area contributed by atoms with E-state index in [0.29, 0.717) is 34.1 Å². The van der Waals surface area contributed by atoms with Gasteiger partial charge in [-0.2, -0.15) is 17.9 Å². The molecule has 3 heterocycles. The van der Waals surface area contributed by atoms with Crippen LogP contribution in [0.3, 0.4) is 0 Å². The molecular formula is C26H31F3N4O5S2. The molecule has 2 aromatic heterocycles. The molecule has 1 aliphatic heterocycles. The van der Waals surface area contributed by atoms with Crippen LogP contribution in [0.15, 0.2) is 29.8 Å². The van der Waals surface area contributed by atoms with E-state index in [-0.39, 0.29) is 35.8 Å². The lowest BCUT2D eigenvalue weighted by molar-refractivity contribution is -0.199. The van der Waals surface area contributed by atoms with Crippen molar-refractivity contribution in [2.75, 3.05) is 32.4 Å². The van der Waals surface area contributed by atoms with E-state index in [1.54, 1.807) is 24.3 Å². The fraction of sp³-hybridized carbons (Fsp3) is 0.462. The van der Waals surface area contributed by atoms with Gasteiger partial charge in [0.05, 0.1) is 11.3 Å². The van der Waals surface area contributed by atoms with Crippen LogP contribution >= 0.6 is 11.3 Å². The van der Waals surface area contributed by atoms with Crippen LogP contribution in [0.1, 0.15) is 53.4 Å². The first-order valence-electron chi connectivity index (χ1n) is 12.8. The van der Waals surface area contributed by atoms with Crippen molar-refractivity contribution >= 4 is 44.1 Å². The molecule has 0 radical (unpaired) electrons. The number of fused-ring (bicyclic) bond motifs is 1. The van der Waals surface area contributed by atoms with Crippen molar-refractivity contribution in [3.8, 4) is 11.1 Å². The fourth-order valence-electron chi connectivity index (χ4n) is 4.87. The number of halogens is 3. The maximum absolute atomic E-state index is 13.1. The number of nitrogens with zero attached hydrogens (tertiary/aromatic N) is 3. The Labute approximate surface area is 234 Å². The molecule has 1 aliphatic rings. The van der Waals surface area contributed by atoms with Gasteiger partial charge in [-0.25, -0.2) is 17.5 Å². The molecule has 40 heavy (non-hydrogen) atoms. The van der Waals surface area contributed by atoms with Crippen molar-refractivity contribution in [2.45, 2.75) is 45.3 Å². The lowest BCUT2D eigenvalue weighted by atomic mass is 9.88. The lowest BCUT2D eigenvalue weighted by Crippen LogP contribution is -2.38. The molecule has 0 saturated carbocycles. The highest BCUT2D eigenvalue weighted by molar-refractivity contribution is 7.89. The average molecular weight is 601 g/mol. The summed E-state index contributed by atoms with van der Waals surface area (Å²) in [5.74, 6) is -3.64. The van der Waals surface area contributed by atoms with Gasteiger partial charge in [-0.15, -0.1) is 11.3 Å². The number of primary amides is 1. The third kappa shape index (κ3) is 6.19. The molecule has 0 aliphatic carbocycles. The number of carbonyl (C=O) groups excluding carboxylic acids is 2. The second-order valence-electron chi connectivity index (χ2n) is 9.78. The van der Waals surface area contributed by atoms with Crippen molar-refractivity contribution in [3.05, 3.63) is 45.8 Å². The van der Waals surface area contributed by atoms with Crippen LogP contribution in [-0.2, 0) is 21.4 Å². The lowest BCUT2D eigenvalue weighted by Gasteiger charge is -2.30. The van der Waals surface area contributed by atoms with E-state index in [9.17, 15) is 31.2 Å². The average Bonchev–Trinajstić information content (AvgIpc) is 3.52. The van der Waals surface area contributed by atoms with Gasteiger partial charge in [-0.05, 0) is 79.5 Å². The molecule has 1 aromatic carbocycles. The number of nitrogens with two attached hydrogens (primary N) is 1. The van der Waals surface area contributed by atoms with Gasteiger partial charge in [0.2, 0.25) is 10.0 Å². The molecule has 218 valence electrons. The van der Waals surface area contributed by atoms with Gasteiger partial charge in [0.1, 0.15) is 5.52 Å². The molecule has 4 rings (SSSR count). The van der Waals surface area contributed by atoms with Crippen LogP contribution < -0.4 is 10.6 Å². The zero-order valence-electron chi connectivity index (χ0n) is 22.3. The molecule has 14 heteroatoms. The minimum Gasteiger partial charge on any atom is -0.366 e. The number of benzene rings is 1. The third-order valence-corrected chi connectivity index (χ3v) is 9.98. The number of aromatic nitrogens is 1. The fourth-order valence-corrected chi connectivity index (χ4v) is 6.97. The molecular weight excluding hydrogens is 569 g/mol. The smallest absolute Gasteiger partial charge is 0.366 e. The van der Waals surface area contributed by atoms with E-state index in [2.05, 4.69) is 9.74 Å². The van der Waals surface area contributed by atoms with E-state index >= 15 is 0 Å². The first-order valence-corrected chi connectivity index (χ1v) is 15.3. The minimum absolute atomic E-state index is 0.0353. The molecule has 0 atom stereocenters. The van der Waals surface area contributed by atoms with E-state index in [1.807, 2.05) is 25.4 Å². The Morgan fingerprint density at radius 2 is 1.82 bits per heavy atom. The highest BCUT2D eigenvalue weighted by Gasteiger charge is 2.42. The topological polar surface area (TPSA) is 115 Å². The standard InChI is InChI=1S/C26H31F3N4O5S2/c1-4-31(3)13-19-10-18(15-39-19)17-11-20-22(16-6-8-32(9-7-16)40(36,37)5-2)14-33(38-25(35)26(27,28)29)23(20)21(12-17)24(30)34/h10-12,14-16H,4-9,13H2,1-3H3,(H2,30,34). The Bertz CT molecular complexity index is 1520. The summed E-state index contributed by atoms with van der Waals surface area (Å²) in [4.78, 5) is 32.2. The van der Waals surface area contributed by atoms with E-state index in [4.69, 9.17) is 5.73 Å². The first kappa shape index (κ1) is 30.0.